The van der Waals surface area contributed by atoms with Crippen molar-refractivity contribution < 1.29 is 5.11 Å². The number of piperazine rings is 1. The third-order valence-corrected chi connectivity index (χ3v) is 3.49. The Bertz CT molecular complexity index is 340. The fraction of sp³-hybridized carbons (Fsp3) is 0.500. The first-order chi connectivity index (χ1) is 7.81. The molecule has 2 N–H and O–H groups in total. The summed E-state index contributed by atoms with van der Waals surface area (Å²) >= 11 is 3.47. The van der Waals surface area contributed by atoms with E-state index < -0.39 is 0 Å². The van der Waals surface area contributed by atoms with E-state index >= 15 is 0 Å². The van der Waals surface area contributed by atoms with E-state index in [4.69, 9.17) is 0 Å². The van der Waals surface area contributed by atoms with E-state index in [1.807, 2.05) is 12.1 Å². The van der Waals surface area contributed by atoms with Crippen LogP contribution >= 0.6 is 15.9 Å². The number of nitrogens with one attached hydrogen (secondary N) is 1. The molecule has 1 atom stereocenters. The summed E-state index contributed by atoms with van der Waals surface area (Å²) in [6.45, 7) is 4.18. The topological polar surface area (TPSA) is 35.5 Å². The van der Waals surface area contributed by atoms with Gasteiger partial charge in [0.1, 0.15) is 0 Å². The molecule has 1 aromatic carbocycles. The molecule has 0 bridgehead atoms. The van der Waals surface area contributed by atoms with Gasteiger partial charge in [-0.25, -0.2) is 0 Å². The van der Waals surface area contributed by atoms with Crippen LogP contribution in [0.4, 0.5) is 0 Å². The van der Waals surface area contributed by atoms with Crippen LogP contribution in [0.3, 0.4) is 0 Å². The summed E-state index contributed by atoms with van der Waals surface area (Å²) in [7, 11) is 0. The summed E-state index contributed by atoms with van der Waals surface area (Å²) in [4.78, 5) is 2.33. The minimum absolute atomic E-state index is 0.125. The Labute approximate surface area is 105 Å². The molecule has 1 aliphatic rings. The fourth-order valence-corrected chi connectivity index (χ4v) is 2.56. The van der Waals surface area contributed by atoms with Crippen LogP contribution in [-0.2, 0) is 0 Å². The summed E-state index contributed by atoms with van der Waals surface area (Å²) in [6.07, 6.45) is 0. The van der Waals surface area contributed by atoms with Gasteiger partial charge in [-0.2, -0.15) is 0 Å². The minimum atomic E-state index is 0.125. The third kappa shape index (κ3) is 2.83. The van der Waals surface area contributed by atoms with Crippen LogP contribution in [0.25, 0.3) is 0 Å². The second kappa shape index (κ2) is 5.77. The Morgan fingerprint density at radius 1 is 1.38 bits per heavy atom. The lowest BCUT2D eigenvalue weighted by atomic mass is 10.1. The molecule has 1 aliphatic heterocycles. The van der Waals surface area contributed by atoms with Crippen LogP contribution < -0.4 is 5.32 Å². The highest BCUT2D eigenvalue weighted by Crippen LogP contribution is 2.23. The molecule has 0 aliphatic carbocycles. The highest BCUT2D eigenvalue weighted by molar-refractivity contribution is 9.10. The molecular formula is C12H17BrN2O. The standard InChI is InChI=1S/C12H17BrN2O/c13-11-3-1-2-10(8-11)12(9-16)15-6-4-14-5-7-15/h1-3,8,12,14,16H,4-7,9H2/t12-/m0/s1. The molecule has 4 heteroatoms. The molecule has 88 valence electrons. The first-order valence-corrected chi connectivity index (χ1v) is 6.41. The number of halogens is 1. The second-order valence-electron chi connectivity index (χ2n) is 4.04. The molecule has 1 aromatic rings. The van der Waals surface area contributed by atoms with Crippen LogP contribution in [0.1, 0.15) is 11.6 Å². The van der Waals surface area contributed by atoms with Crippen molar-refractivity contribution in [3.63, 3.8) is 0 Å². The van der Waals surface area contributed by atoms with Crippen molar-refractivity contribution in [2.75, 3.05) is 32.8 Å². The lowest BCUT2D eigenvalue weighted by Gasteiger charge is -2.34. The smallest absolute Gasteiger partial charge is 0.0628 e. The lowest BCUT2D eigenvalue weighted by molar-refractivity contribution is 0.111. The number of aliphatic hydroxyl groups excluding tert-OH is 1. The van der Waals surface area contributed by atoms with Crippen molar-refractivity contribution >= 4 is 15.9 Å². The largest absolute Gasteiger partial charge is 0.394 e. The summed E-state index contributed by atoms with van der Waals surface area (Å²) in [6, 6.07) is 8.32. The van der Waals surface area contributed by atoms with E-state index in [1.165, 1.54) is 5.56 Å². The highest BCUT2D eigenvalue weighted by Gasteiger charge is 2.21. The number of hydrogen-bond donors (Lipinski definition) is 2. The molecule has 1 fully saturated rings. The number of nitrogens with zero attached hydrogens (tertiary/aromatic N) is 1. The van der Waals surface area contributed by atoms with Crippen molar-refractivity contribution in [1.29, 1.82) is 0 Å². The number of rotatable bonds is 3. The minimum Gasteiger partial charge on any atom is -0.394 e. The van der Waals surface area contributed by atoms with Gasteiger partial charge < -0.3 is 10.4 Å². The van der Waals surface area contributed by atoms with E-state index in [-0.39, 0.29) is 12.6 Å². The zero-order chi connectivity index (χ0) is 11.4. The molecule has 0 radical (unpaired) electrons. The van der Waals surface area contributed by atoms with Gasteiger partial charge in [0.2, 0.25) is 0 Å². The lowest BCUT2D eigenvalue weighted by Crippen LogP contribution is -2.46. The Morgan fingerprint density at radius 3 is 2.75 bits per heavy atom. The van der Waals surface area contributed by atoms with Crippen molar-refractivity contribution in [2.45, 2.75) is 6.04 Å². The monoisotopic (exact) mass is 284 g/mol. The summed E-state index contributed by atoms with van der Waals surface area (Å²) < 4.78 is 1.07. The second-order valence-corrected chi connectivity index (χ2v) is 4.96. The Balaban J connectivity index is 2.14. The zero-order valence-corrected chi connectivity index (χ0v) is 10.8. The SMILES string of the molecule is OC[C@@H](c1cccc(Br)c1)N1CCNCC1. The van der Waals surface area contributed by atoms with Gasteiger partial charge in [-0.05, 0) is 17.7 Å². The average Bonchev–Trinajstić information content (AvgIpc) is 2.31. The van der Waals surface area contributed by atoms with Crippen LogP contribution in [-0.4, -0.2) is 42.8 Å². The summed E-state index contributed by atoms with van der Waals surface area (Å²) in [5.74, 6) is 0. The van der Waals surface area contributed by atoms with Gasteiger partial charge >= 0.3 is 0 Å². The number of benzene rings is 1. The van der Waals surface area contributed by atoms with E-state index in [2.05, 4.69) is 38.3 Å². The zero-order valence-electron chi connectivity index (χ0n) is 9.19. The van der Waals surface area contributed by atoms with Gasteiger partial charge in [0.05, 0.1) is 12.6 Å². The van der Waals surface area contributed by atoms with Gasteiger partial charge in [0.15, 0.2) is 0 Å². The van der Waals surface area contributed by atoms with Gasteiger partial charge in [-0.1, -0.05) is 28.1 Å². The van der Waals surface area contributed by atoms with E-state index in [0.29, 0.717) is 0 Å². The molecule has 0 unspecified atom stereocenters. The molecule has 0 spiro atoms. The molecule has 3 nitrogen and oxygen atoms in total. The molecule has 0 amide bonds. The highest BCUT2D eigenvalue weighted by atomic mass is 79.9. The van der Waals surface area contributed by atoms with Crippen LogP contribution in [0.2, 0.25) is 0 Å². The molecule has 2 rings (SSSR count). The Morgan fingerprint density at radius 2 is 2.12 bits per heavy atom. The fourth-order valence-electron chi connectivity index (χ4n) is 2.14. The quantitative estimate of drug-likeness (QED) is 0.881. The first-order valence-electron chi connectivity index (χ1n) is 5.62. The number of aliphatic hydroxyl groups is 1. The molecule has 0 aromatic heterocycles. The van der Waals surface area contributed by atoms with Gasteiger partial charge in [-0.3, -0.25) is 4.90 Å². The first kappa shape index (κ1) is 12.0. The van der Waals surface area contributed by atoms with Crippen LogP contribution in [0, 0.1) is 0 Å². The van der Waals surface area contributed by atoms with Gasteiger partial charge in [0.25, 0.3) is 0 Å². The van der Waals surface area contributed by atoms with E-state index in [1.54, 1.807) is 0 Å². The maximum Gasteiger partial charge on any atom is 0.0628 e. The third-order valence-electron chi connectivity index (χ3n) is 3.00. The molecule has 1 saturated heterocycles. The maximum absolute atomic E-state index is 9.55. The Hall–Kier alpha value is -0.420. The number of hydrogen-bond acceptors (Lipinski definition) is 3. The van der Waals surface area contributed by atoms with Crippen molar-refractivity contribution in [3.8, 4) is 0 Å². The van der Waals surface area contributed by atoms with Gasteiger partial charge in [0, 0.05) is 30.7 Å². The predicted octanol–water partition coefficient (Wildman–Crippen LogP) is 1.39. The molecule has 16 heavy (non-hydrogen) atoms. The molecule has 1 heterocycles. The van der Waals surface area contributed by atoms with Crippen LogP contribution in [0.15, 0.2) is 28.7 Å². The maximum atomic E-state index is 9.55. The van der Waals surface area contributed by atoms with Crippen molar-refractivity contribution in [1.82, 2.24) is 10.2 Å². The Kier molecular flexibility index (Phi) is 4.35. The van der Waals surface area contributed by atoms with E-state index in [9.17, 15) is 5.11 Å². The molecular weight excluding hydrogens is 268 g/mol. The molecule has 0 saturated carbocycles. The van der Waals surface area contributed by atoms with Gasteiger partial charge in [-0.15, -0.1) is 0 Å². The normalized spacial score (nSPS) is 19.6. The predicted molar refractivity (Wildman–Crippen MR) is 68.4 cm³/mol. The summed E-state index contributed by atoms with van der Waals surface area (Å²) in [5.41, 5.74) is 1.18. The average molecular weight is 285 g/mol. The van der Waals surface area contributed by atoms with Crippen molar-refractivity contribution in [2.24, 2.45) is 0 Å². The van der Waals surface area contributed by atoms with E-state index in [0.717, 1.165) is 30.7 Å². The van der Waals surface area contributed by atoms with Crippen molar-refractivity contribution in [3.05, 3.63) is 34.3 Å². The van der Waals surface area contributed by atoms with Crippen LogP contribution in [0.5, 0.6) is 0 Å². The summed E-state index contributed by atoms with van der Waals surface area (Å²) in [5, 5.41) is 12.9.